The third kappa shape index (κ3) is 2.93. The second kappa shape index (κ2) is 4.75. The summed E-state index contributed by atoms with van der Waals surface area (Å²) in [6, 6.07) is 4.24. The van der Waals surface area contributed by atoms with E-state index in [9.17, 15) is 18.0 Å². The van der Waals surface area contributed by atoms with Crippen LogP contribution in [0.25, 0.3) is 0 Å². The minimum Gasteiger partial charge on any atom is -0.330 e. The van der Waals surface area contributed by atoms with Crippen molar-refractivity contribution in [3.05, 3.63) is 48.0 Å². The number of rotatable bonds is 2. The topological polar surface area (TPSA) is 46.9 Å². The number of anilines is 1. The molecule has 1 N–H and O–H groups in total. The van der Waals surface area contributed by atoms with Gasteiger partial charge in [0.2, 0.25) is 0 Å². The van der Waals surface area contributed by atoms with Crippen LogP contribution >= 0.6 is 0 Å². The summed E-state index contributed by atoms with van der Waals surface area (Å²) < 4.78 is 38.6. The Balaban J connectivity index is 2.12. The molecule has 1 aromatic carbocycles. The summed E-state index contributed by atoms with van der Waals surface area (Å²) in [6.45, 7) is 0. The number of amides is 1. The summed E-state index contributed by atoms with van der Waals surface area (Å²) in [5.74, 6) is -0.431. The Kier molecular flexibility index (Phi) is 3.28. The number of carbonyl (C=O) groups excluding carboxylic acids is 1. The third-order valence-corrected chi connectivity index (χ3v) is 2.52. The number of aromatic nitrogens is 2. The van der Waals surface area contributed by atoms with Gasteiger partial charge >= 0.3 is 6.18 Å². The molecule has 0 aliphatic heterocycles. The molecule has 0 saturated carbocycles. The maximum Gasteiger partial charge on any atom is 0.416 e. The molecule has 0 spiro atoms. The molecule has 7 heteroatoms. The number of hydrogen-bond donors (Lipinski definition) is 1. The zero-order chi connectivity index (χ0) is 14.0. The van der Waals surface area contributed by atoms with E-state index in [-0.39, 0.29) is 0 Å². The molecule has 0 aliphatic carbocycles. The lowest BCUT2D eigenvalue weighted by molar-refractivity contribution is -0.137. The minimum absolute atomic E-state index is 0.291. The molecule has 4 nitrogen and oxygen atoms in total. The number of halogens is 3. The molecule has 0 atom stereocenters. The molecule has 0 aliphatic rings. The fourth-order valence-electron chi connectivity index (χ4n) is 1.51. The second-order valence-electron chi connectivity index (χ2n) is 3.92. The zero-order valence-electron chi connectivity index (χ0n) is 9.90. The quantitative estimate of drug-likeness (QED) is 0.911. The first-order chi connectivity index (χ1) is 8.88. The van der Waals surface area contributed by atoms with E-state index < -0.39 is 17.6 Å². The number of nitrogens with zero attached hydrogens (tertiary/aromatic N) is 2. The van der Waals surface area contributed by atoms with Crippen LogP contribution in [0, 0.1) is 0 Å². The molecule has 0 radical (unpaired) electrons. The molecule has 2 aromatic rings. The van der Waals surface area contributed by atoms with Gasteiger partial charge in [0.15, 0.2) is 0 Å². The molecule has 0 unspecified atom stereocenters. The highest BCUT2D eigenvalue weighted by molar-refractivity contribution is 6.02. The SMILES string of the molecule is Cn1cncc1C(=O)Nc1ccc(C(F)(F)F)cc1. The van der Waals surface area contributed by atoms with Gasteiger partial charge in [0.25, 0.3) is 5.91 Å². The molecule has 1 heterocycles. The number of nitrogens with one attached hydrogen (secondary N) is 1. The molecule has 19 heavy (non-hydrogen) atoms. The van der Waals surface area contributed by atoms with Gasteiger partial charge in [-0.3, -0.25) is 4.79 Å². The minimum atomic E-state index is -4.38. The van der Waals surface area contributed by atoms with E-state index in [1.54, 1.807) is 7.05 Å². The number of carbonyl (C=O) groups is 1. The monoisotopic (exact) mass is 269 g/mol. The van der Waals surface area contributed by atoms with E-state index in [4.69, 9.17) is 0 Å². The van der Waals surface area contributed by atoms with Gasteiger partial charge in [0, 0.05) is 12.7 Å². The van der Waals surface area contributed by atoms with E-state index in [0.717, 1.165) is 12.1 Å². The lowest BCUT2D eigenvalue weighted by atomic mass is 10.2. The molecule has 1 aromatic heterocycles. The van der Waals surface area contributed by atoms with Crippen LogP contribution in [0.4, 0.5) is 18.9 Å². The zero-order valence-corrected chi connectivity index (χ0v) is 9.90. The van der Waals surface area contributed by atoms with Crippen molar-refractivity contribution in [3.63, 3.8) is 0 Å². The van der Waals surface area contributed by atoms with Gasteiger partial charge in [-0.05, 0) is 24.3 Å². The van der Waals surface area contributed by atoms with Gasteiger partial charge in [0.1, 0.15) is 5.69 Å². The normalized spacial score (nSPS) is 11.4. The summed E-state index contributed by atoms with van der Waals surface area (Å²) in [6.07, 6.45) is -1.55. The molecule has 2 rings (SSSR count). The van der Waals surface area contributed by atoms with Crippen LogP contribution in [0.5, 0.6) is 0 Å². The van der Waals surface area contributed by atoms with Gasteiger partial charge in [-0.1, -0.05) is 0 Å². The summed E-state index contributed by atoms with van der Waals surface area (Å²) in [7, 11) is 1.65. The molecular weight excluding hydrogens is 259 g/mol. The van der Waals surface area contributed by atoms with E-state index >= 15 is 0 Å². The van der Waals surface area contributed by atoms with Gasteiger partial charge in [-0.15, -0.1) is 0 Å². The Morgan fingerprint density at radius 3 is 2.37 bits per heavy atom. The van der Waals surface area contributed by atoms with Crippen LogP contribution in [0.2, 0.25) is 0 Å². The third-order valence-electron chi connectivity index (χ3n) is 2.52. The van der Waals surface area contributed by atoms with Crippen molar-refractivity contribution in [1.82, 2.24) is 9.55 Å². The Bertz CT molecular complexity index is 587. The molecule has 0 fully saturated rings. The van der Waals surface area contributed by atoms with Crippen LogP contribution in [-0.2, 0) is 13.2 Å². The van der Waals surface area contributed by atoms with Crippen molar-refractivity contribution in [2.24, 2.45) is 7.05 Å². The van der Waals surface area contributed by atoms with Crippen LogP contribution in [0.15, 0.2) is 36.8 Å². The van der Waals surface area contributed by atoms with Crippen LogP contribution < -0.4 is 5.32 Å². The van der Waals surface area contributed by atoms with E-state index in [0.29, 0.717) is 11.4 Å². The average Bonchev–Trinajstić information content (AvgIpc) is 2.75. The molecule has 1 amide bonds. The highest BCUT2D eigenvalue weighted by Gasteiger charge is 2.30. The maximum absolute atomic E-state index is 12.4. The van der Waals surface area contributed by atoms with Crippen molar-refractivity contribution < 1.29 is 18.0 Å². The lowest BCUT2D eigenvalue weighted by Crippen LogP contribution is -2.15. The second-order valence-corrected chi connectivity index (χ2v) is 3.92. The molecular formula is C12H10F3N3O. The first-order valence-corrected chi connectivity index (χ1v) is 5.33. The Labute approximate surface area is 106 Å². The largest absolute Gasteiger partial charge is 0.416 e. The number of aryl methyl sites for hydroxylation is 1. The fourth-order valence-corrected chi connectivity index (χ4v) is 1.51. The predicted molar refractivity (Wildman–Crippen MR) is 62.6 cm³/mol. The van der Waals surface area contributed by atoms with Crippen molar-refractivity contribution in [3.8, 4) is 0 Å². The average molecular weight is 269 g/mol. The van der Waals surface area contributed by atoms with Gasteiger partial charge in [-0.25, -0.2) is 4.98 Å². The molecule has 100 valence electrons. The lowest BCUT2D eigenvalue weighted by Gasteiger charge is -2.08. The number of imidazole rings is 1. The van der Waals surface area contributed by atoms with Crippen molar-refractivity contribution in [2.75, 3.05) is 5.32 Å². The Hall–Kier alpha value is -2.31. The van der Waals surface area contributed by atoms with Gasteiger partial charge in [-0.2, -0.15) is 13.2 Å². The standard InChI is InChI=1S/C12H10F3N3O/c1-18-7-16-6-10(18)11(19)17-9-4-2-8(3-5-9)12(13,14)15/h2-7H,1H3,(H,17,19). The highest BCUT2D eigenvalue weighted by Crippen LogP contribution is 2.29. The van der Waals surface area contributed by atoms with Crippen molar-refractivity contribution in [2.45, 2.75) is 6.18 Å². The summed E-state index contributed by atoms with van der Waals surface area (Å²) in [5, 5.41) is 2.50. The van der Waals surface area contributed by atoms with E-state index in [1.807, 2.05) is 0 Å². The molecule has 0 saturated heterocycles. The van der Waals surface area contributed by atoms with Crippen molar-refractivity contribution in [1.29, 1.82) is 0 Å². The Morgan fingerprint density at radius 2 is 1.89 bits per heavy atom. The number of benzene rings is 1. The molecule has 0 bridgehead atoms. The summed E-state index contributed by atoms with van der Waals surface area (Å²) in [4.78, 5) is 15.6. The first kappa shape index (κ1) is 13.1. The van der Waals surface area contributed by atoms with E-state index in [2.05, 4.69) is 10.3 Å². The summed E-state index contributed by atoms with van der Waals surface area (Å²) >= 11 is 0. The summed E-state index contributed by atoms with van der Waals surface area (Å²) in [5.41, 5.74) is -0.148. The van der Waals surface area contributed by atoms with Gasteiger partial charge < -0.3 is 9.88 Å². The Morgan fingerprint density at radius 1 is 1.26 bits per heavy atom. The first-order valence-electron chi connectivity index (χ1n) is 5.33. The van der Waals surface area contributed by atoms with Crippen LogP contribution in [0.3, 0.4) is 0 Å². The van der Waals surface area contributed by atoms with Gasteiger partial charge in [0.05, 0.1) is 18.1 Å². The van der Waals surface area contributed by atoms with Crippen molar-refractivity contribution >= 4 is 11.6 Å². The maximum atomic E-state index is 12.4. The smallest absolute Gasteiger partial charge is 0.330 e. The fraction of sp³-hybridized carbons (Fsp3) is 0.167. The van der Waals surface area contributed by atoms with E-state index in [1.165, 1.54) is 29.2 Å². The van der Waals surface area contributed by atoms with Crippen LogP contribution in [-0.4, -0.2) is 15.5 Å². The predicted octanol–water partition coefficient (Wildman–Crippen LogP) is 2.69. The highest BCUT2D eigenvalue weighted by atomic mass is 19.4. The number of hydrogen-bond acceptors (Lipinski definition) is 2. The number of alkyl halides is 3. The van der Waals surface area contributed by atoms with Crippen LogP contribution in [0.1, 0.15) is 16.1 Å².